The molecule has 0 spiro atoms. The van der Waals surface area contributed by atoms with Crippen LogP contribution in [-0.4, -0.2) is 23.5 Å². The molecule has 3 N–H and O–H groups in total. The van der Waals surface area contributed by atoms with Crippen LogP contribution in [0.4, 0.5) is 11.4 Å². The molecule has 0 fully saturated rings. The number of carbonyl (C=O) groups is 1. The molecule has 1 aromatic rings. The summed E-state index contributed by atoms with van der Waals surface area (Å²) in [4.78, 5) is 22.5. The minimum absolute atomic E-state index is 0.118. The van der Waals surface area contributed by atoms with Gasteiger partial charge in [-0.3, -0.25) is 14.9 Å². The van der Waals surface area contributed by atoms with Crippen molar-refractivity contribution in [3.63, 3.8) is 0 Å². The summed E-state index contributed by atoms with van der Waals surface area (Å²) in [7, 11) is 0. The Hall–Kier alpha value is -2.15. The predicted molar refractivity (Wildman–Crippen MR) is 80.3 cm³/mol. The summed E-state index contributed by atoms with van der Waals surface area (Å²) in [6, 6.07) is 3.60. The molecule has 0 radical (unpaired) electrons. The third-order valence-corrected chi connectivity index (χ3v) is 2.80. The molecule has 0 saturated heterocycles. The Morgan fingerprint density at radius 2 is 2.14 bits per heavy atom. The number of nitro benzene ring substituents is 1. The molecule has 0 unspecified atom stereocenters. The number of nitrogens with zero attached hydrogens (tertiary/aromatic N) is 1. The van der Waals surface area contributed by atoms with Gasteiger partial charge in [-0.25, -0.2) is 0 Å². The van der Waals surface area contributed by atoms with Crippen molar-refractivity contribution in [2.75, 3.05) is 11.9 Å². The van der Waals surface area contributed by atoms with E-state index >= 15 is 0 Å². The number of carbonyl (C=O) groups excluding carboxylic acids is 1. The molecule has 7 nitrogen and oxygen atoms in total. The van der Waals surface area contributed by atoms with E-state index in [0.717, 1.165) is 0 Å². The van der Waals surface area contributed by atoms with E-state index in [2.05, 4.69) is 5.32 Å². The molecule has 0 heterocycles. The lowest BCUT2D eigenvalue weighted by atomic mass is 10.0. The van der Waals surface area contributed by atoms with E-state index in [1.54, 1.807) is 13.0 Å². The first-order valence-electron chi connectivity index (χ1n) is 6.82. The zero-order valence-corrected chi connectivity index (χ0v) is 12.5. The van der Waals surface area contributed by atoms with E-state index in [-0.39, 0.29) is 17.3 Å². The van der Waals surface area contributed by atoms with Crippen LogP contribution < -0.4 is 15.8 Å². The topological polar surface area (TPSA) is 107 Å². The highest BCUT2D eigenvalue weighted by atomic mass is 16.6. The molecule has 0 aliphatic rings. The SMILES string of the molecule is CCOc1ccc(NC(=O)[C@H](N)CC(C)C)c([N+](=O)[O-])c1. The lowest BCUT2D eigenvalue weighted by Crippen LogP contribution is -2.36. The fourth-order valence-electron chi connectivity index (χ4n) is 1.86. The van der Waals surface area contributed by atoms with Gasteiger partial charge in [0.05, 0.1) is 23.6 Å². The Kier molecular flexibility index (Phi) is 6.10. The lowest BCUT2D eigenvalue weighted by Gasteiger charge is -2.14. The molecule has 0 bridgehead atoms. The number of benzene rings is 1. The Balaban J connectivity index is 2.92. The maximum absolute atomic E-state index is 11.9. The van der Waals surface area contributed by atoms with Gasteiger partial charge in [0.15, 0.2) is 0 Å². The first-order valence-corrected chi connectivity index (χ1v) is 6.82. The highest BCUT2D eigenvalue weighted by molar-refractivity contribution is 5.96. The van der Waals surface area contributed by atoms with E-state index in [0.29, 0.717) is 18.8 Å². The molecule has 1 amide bonds. The molecule has 116 valence electrons. The molecule has 0 saturated carbocycles. The number of hydrogen-bond donors (Lipinski definition) is 2. The minimum atomic E-state index is -0.698. The number of rotatable bonds is 7. The van der Waals surface area contributed by atoms with Gasteiger partial charge >= 0.3 is 0 Å². The van der Waals surface area contributed by atoms with Gasteiger partial charge in [0, 0.05) is 0 Å². The fraction of sp³-hybridized carbons (Fsp3) is 0.500. The number of nitro groups is 1. The second kappa shape index (κ2) is 7.58. The van der Waals surface area contributed by atoms with Crippen molar-refractivity contribution in [2.45, 2.75) is 33.2 Å². The van der Waals surface area contributed by atoms with Crippen LogP contribution in [0.5, 0.6) is 5.75 Å². The van der Waals surface area contributed by atoms with E-state index in [4.69, 9.17) is 10.5 Å². The number of nitrogens with two attached hydrogens (primary N) is 1. The molecular weight excluding hydrogens is 274 g/mol. The highest BCUT2D eigenvalue weighted by Crippen LogP contribution is 2.29. The van der Waals surface area contributed by atoms with Crippen LogP contribution in [0, 0.1) is 16.0 Å². The van der Waals surface area contributed by atoms with Gasteiger partial charge < -0.3 is 15.8 Å². The predicted octanol–water partition coefficient (Wildman–Crippen LogP) is 2.31. The Morgan fingerprint density at radius 1 is 1.48 bits per heavy atom. The second-order valence-corrected chi connectivity index (χ2v) is 5.09. The summed E-state index contributed by atoms with van der Waals surface area (Å²) >= 11 is 0. The number of ether oxygens (including phenoxy) is 1. The van der Waals surface area contributed by atoms with Crippen molar-refractivity contribution in [3.05, 3.63) is 28.3 Å². The van der Waals surface area contributed by atoms with Gasteiger partial charge in [0.2, 0.25) is 5.91 Å². The minimum Gasteiger partial charge on any atom is -0.494 e. The van der Waals surface area contributed by atoms with Crippen molar-refractivity contribution in [1.29, 1.82) is 0 Å². The third kappa shape index (κ3) is 5.03. The second-order valence-electron chi connectivity index (χ2n) is 5.09. The van der Waals surface area contributed by atoms with Gasteiger partial charge in [-0.05, 0) is 31.4 Å². The number of nitrogens with one attached hydrogen (secondary N) is 1. The van der Waals surface area contributed by atoms with Crippen molar-refractivity contribution in [3.8, 4) is 5.75 Å². The van der Waals surface area contributed by atoms with Gasteiger partial charge in [0.1, 0.15) is 11.4 Å². The quantitative estimate of drug-likeness (QED) is 0.592. The monoisotopic (exact) mass is 295 g/mol. The van der Waals surface area contributed by atoms with Crippen LogP contribution in [-0.2, 0) is 4.79 Å². The van der Waals surface area contributed by atoms with Crippen molar-refractivity contribution >= 4 is 17.3 Å². The maximum atomic E-state index is 11.9. The van der Waals surface area contributed by atoms with Gasteiger partial charge in [-0.2, -0.15) is 0 Å². The number of anilines is 1. The standard InChI is InChI=1S/C14H21N3O4/c1-4-21-10-5-6-12(13(8-10)17(19)20)16-14(18)11(15)7-9(2)3/h5-6,8-9,11H,4,7,15H2,1-3H3,(H,16,18)/t11-/m1/s1. The van der Waals surface area contributed by atoms with Crippen LogP contribution in [0.25, 0.3) is 0 Å². The largest absolute Gasteiger partial charge is 0.494 e. The average Bonchev–Trinajstić information content (AvgIpc) is 2.39. The Bertz CT molecular complexity index is 517. The third-order valence-electron chi connectivity index (χ3n) is 2.80. The normalized spacial score (nSPS) is 12.0. The smallest absolute Gasteiger partial charge is 0.296 e. The van der Waals surface area contributed by atoms with E-state index in [9.17, 15) is 14.9 Å². The van der Waals surface area contributed by atoms with E-state index in [1.807, 2.05) is 13.8 Å². The van der Waals surface area contributed by atoms with Crippen molar-refractivity contribution < 1.29 is 14.5 Å². The number of amides is 1. The van der Waals surface area contributed by atoms with Crippen molar-refractivity contribution in [1.82, 2.24) is 0 Å². The lowest BCUT2D eigenvalue weighted by molar-refractivity contribution is -0.384. The first kappa shape index (κ1) is 16.9. The van der Waals surface area contributed by atoms with Gasteiger partial charge in [-0.1, -0.05) is 13.8 Å². The van der Waals surface area contributed by atoms with Crippen molar-refractivity contribution in [2.24, 2.45) is 11.7 Å². The average molecular weight is 295 g/mol. The summed E-state index contributed by atoms with van der Waals surface area (Å²) in [6.45, 7) is 6.09. The van der Waals surface area contributed by atoms with Crippen LogP contribution >= 0.6 is 0 Å². The summed E-state index contributed by atoms with van der Waals surface area (Å²) in [5, 5.41) is 13.6. The molecule has 21 heavy (non-hydrogen) atoms. The molecule has 1 atom stereocenters. The zero-order valence-electron chi connectivity index (χ0n) is 12.5. The van der Waals surface area contributed by atoms with E-state index in [1.165, 1.54) is 12.1 Å². The van der Waals surface area contributed by atoms with Gasteiger partial charge in [0.25, 0.3) is 5.69 Å². The van der Waals surface area contributed by atoms with Crippen LogP contribution in [0.15, 0.2) is 18.2 Å². The molecule has 0 aliphatic carbocycles. The summed E-state index contributed by atoms with van der Waals surface area (Å²) in [6.07, 6.45) is 0.511. The summed E-state index contributed by atoms with van der Waals surface area (Å²) in [5.41, 5.74) is 5.66. The molecule has 0 aliphatic heterocycles. The number of hydrogen-bond acceptors (Lipinski definition) is 5. The fourth-order valence-corrected chi connectivity index (χ4v) is 1.86. The molecule has 1 aromatic carbocycles. The summed E-state index contributed by atoms with van der Waals surface area (Å²) < 4.78 is 5.21. The Labute approximate surface area is 123 Å². The Morgan fingerprint density at radius 3 is 2.67 bits per heavy atom. The molecule has 0 aromatic heterocycles. The highest BCUT2D eigenvalue weighted by Gasteiger charge is 2.21. The van der Waals surface area contributed by atoms with E-state index < -0.39 is 16.9 Å². The van der Waals surface area contributed by atoms with Gasteiger partial charge in [-0.15, -0.1) is 0 Å². The maximum Gasteiger partial charge on any atom is 0.296 e. The zero-order chi connectivity index (χ0) is 16.0. The van der Waals surface area contributed by atoms with Crippen LogP contribution in [0.3, 0.4) is 0 Å². The van der Waals surface area contributed by atoms with Crippen LogP contribution in [0.1, 0.15) is 27.2 Å². The summed E-state index contributed by atoms with van der Waals surface area (Å²) in [5.74, 6) is 0.214. The first-order chi connectivity index (χ1) is 9.85. The molecule has 7 heteroatoms. The molecular formula is C14H21N3O4. The molecule has 1 rings (SSSR count). The van der Waals surface area contributed by atoms with Crippen LogP contribution in [0.2, 0.25) is 0 Å².